The molecule has 1 N–H and O–H groups in total. The van der Waals surface area contributed by atoms with Gasteiger partial charge in [-0.15, -0.1) is 11.3 Å². The van der Waals surface area contributed by atoms with Gasteiger partial charge >= 0.3 is 0 Å². The summed E-state index contributed by atoms with van der Waals surface area (Å²) in [6, 6.07) is 11.0. The number of hydrogen-bond acceptors (Lipinski definition) is 5. The maximum absolute atomic E-state index is 12.5. The fourth-order valence-electron chi connectivity index (χ4n) is 2.64. The van der Waals surface area contributed by atoms with Crippen LogP contribution in [0.15, 0.2) is 46.0 Å². The predicted octanol–water partition coefficient (Wildman–Crippen LogP) is 2.30. The second kappa shape index (κ2) is 8.12. The van der Waals surface area contributed by atoms with Gasteiger partial charge < -0.3 is 5.32 Å². The Labute approximate surface area is 165 Å². The molecule has 1 aliphatic rings. The molecule has 6 nitrogen and oxygen atoms in total. The van der Waals surface area contributed by atoms with E-state index in [0.717, 1.165) is 9.26 Å². The van der Waals surface area contributed by atoms with Crippen LogP contribution in [0.1, 0.15) is 0 Å². The summed E-state index contributed by atoms with van der Waals surface area (Å²) in [5.41, 5.74) is 0.774. The maximum atomic E-state index is 12.5. The third kappa shape index (κ3) is 4.79. The van der Waals surface area contributed by atoms with Crippen molar-refractivity contribution >= 4 is 55.5 Å². The number of nitrogens with one attached hydrogen (secondary N) is 1. The molecule has 0 spiro atoms. The van der Waals surface area contributed by atoms with Gasteiger partial charge in [0, 0.05) is 35.4 Å². The number of piperazine rings is 1. The highest BCUT2D eigenvalue weighted by molar-refractivity contribution is 14.1. The number of thiophene rings is 1. The Balaban J connectivity index is 1.52. The Morgan fingerprint density at radius 1 is 1.16 bits per heavy atom. The van der Waals surface area contributed by atoms with Crippen LogP contribution in [0.2, 0.25) is 0 Å². The summed E-state index contributed by atoms with van der Waals surface area (Å²) >= 11 is 3.43. The molecular weight excluding hydrogens is 473 g/mol. The number of benzene rings is 1. The number of carbonyl (C=O) groups excluding carboxylic acids is 1. The van der Waals surface area contributed by atoms with Crippen molar-refractivity contribution in [2.24, 2.45) is 0 Å². The minimum atomic E-state index is -3.40. The summed E-state index contributed by atoms with van der Waals surface area (Å²) in [5, 5.41) is 4.64. The summed E-state index contributed by atoms with van der Waals surface area (Å²) in [4.78, 5) is 14.1. The van der Waals surface area contributed by atoms with Crippen molar-refractivity contribution in [3.63, 3.8) is 0 Å². The molecule has 0 saturated carbocycles. The summed E-state index contributed by atoms with van der Waals surface area (Å²) < 4.78 is 27.9. The molecule has 2 heterocycles. The van der Waals surface area contributed by atoms with E-state index in [2.05, 4.69) is 27.9 Å². The fourth-order valence-corrected chi connectivity index (χ4v) is 5.75. The van der Waals surface area contributed by atoms with Crippen LogP contribution in [0.3, 0.4) is 0 Å². The zero-order valence-corrected chi connectivity index (χ0v) is 17.2. The molecule has 0 aliphatic carbocycles. The molecule has 1 aliphatic heterocycles. The van der Waals surface area contributed by atoms with Gasteiger partial charge in [0.05, 0.1) is 6.54 Å². The molecule has 3 rings (SSSR count). The Morgan fingerprint density at radius 3 is 2.56 bits per heavy atom. The zero-order valence-electron chi connectivity index (χ0n) is 13.4. The molecule has 0 atom stereocenters. The van der Waals surface area contributed by atoms with E-state index in [9.17, 15) is 13.2 Å². The monoisotopic (exact) mass is 491 g/mol. The van der Waals surface area contributed by atoms with Crippen LogP contribution in [0.25, 0.3) is 0 Å². The highest BCUT2D eigenvalue weighted by atomic mass is 127. The van der Waals surface area contributed by atoms with Crippen LogP contribution in [0.5, 0.6) is 0 Å². The molecule has 0 radical (unpaired) electrons. The number of hydrogen-bond donors (Lipinski definition) is 1. The van der Waals surface area contributed by atoms with E-state index in [1.165, 1.54) is 15.6 Å². The van der Waals surface area contributed by atoms with Crippen molar-refractivity contribution in [2.75, 3.05) is 38.0 Å². The van der Waals surface area contributed by atoms with Crippen molar-refractivity contribution in [1.82, 2.24) is 9.21 Å². The van der Waals surface area contributed by atoms with Crippen LogP contribution in [0.4, 0.5) is 5.69 Å². The van der Waals surface area contributed by atoms with Crippen LogP contribution in [-0.2, 0) is 14.8 Å². The van der Waals surface area contributed by atoms with Gasteiger partial charge in [-0.3, -0.25) is 9.69 Å². The highest BCUT2D eigenvalue weighted by Gasteiger charge is 2.29. The lowest BCUT2D eigenvalue weighted by atomic mass is 10.3. The topological polar surface area (TPSA) is 69.7 Å². The molecule has 2 aromatic rings. The SMILES string of the molecule is O=C(CN1CCN(S(=O)(=O)c2cccs2)CC1)Nc1cccc(I)c1. The van der Waals surface area contributed by atoms with Gasteiger partial charge in [0.2, 0.25) is 5.91 Å². The maximum Gasteiger partial charge on any atom is 0.252 e. The highest BCUT2D eigenvalue weighted by Crippen LogP contribution is 2.22. The molecule has 1 aromatic carbocycles. The quantitative estimate of drug-likeness (QED) is 0.652. The first-order chi connectivity index (χ1) is 11.9. The van der Waals surface area contributed by atoms with Crippen LogP contribution in [-0.4, -0.2) is 56.3 Å². The van der Waals surface area contributed by atoms with Crippen LogP contribution in [0, 0.1) is 3.57 Å². The van der Waals surface area contributed by atoms with E-state index < -0.39 is 10.0 Å². The molecule has 25 heavy (non-hydrogen) atoms. The lowest BCUT2D eigenvalue weighted by Gasteiger charge is -2.33. The summed E-state index contributed by atoms with van der Waals surface area (Å²) in [7, 11) is -3.40. The standard InChI is InChI=1S/C16H18IN3O3S2/c17-13-3-1-4-14(11-13)18-15(21)12-19-6-8-20(9-7-19)25(22,23)16-5-2-10-24-16/h1-5,10-11H,6-9,12H2,(H,18,21). The van der Waals surface area contributed by atoms with Crippen LogP contribution < -0.4 is 5.32 Å². The molecule has 1 aromatic heterocycles. The fraction of sp³-hybridized carbons (Fsp3) is 0.312. The van der Waals surface area contributed by atoms with Gasteiger partial charge in [-0.05, 0) is 52.2 Å². The van der Waals surface area contributed by atoms with Crippen molar-refractivity contribution < 1.29 is 13.2 Å². The van der Waals surface area contributed by atoms with E-state index in [4.69, 9.17) is 0 Å². The van der Waals surface area contributed by atoms with E-state index in [1.54, 1.807) is 17.5 Å². The number of anilines is 1. The third-order valence-electron chi connectivity index (χ3n) is 3.90. The second-order valence-electron chi connectivity index (χ2n) is 5.67. The zero-order chi connectivity index (χ0) is 17.9. The molecule has 0 bridgehead atoms. The lowest BCUT2D eigenvalue weighted by molar-refractivity contribution is -0.117. The average molecular weight is 491 g/mol. The minimum Gasteiger partial charge on any atom is -0.325 e. The van der Waals surface area contributed by atoms with Gasteiger partial charge in [0.25, 0.3) is 10.0 Å². The number of nitrogens with zero attached hydrogens (tertiary/aromatic N) is 2. The molecule has 0 unspecified atom stereocenters. The summed E-state index contributed by atoms with van der Waals surface area (Å²) in [6.45, 7) is 2.15. The molecule has 9 heteroatoms. The molecular formula is C16H18IN3O3S2. The number of amides is 1. The van der Waals surface area contributed by atoms with Crippen molar-refractivity contribution in [3.05, 3.63) is 45.3 Å². The van der Waals surface area contributed by atoms with Gasteiger partial charge in [0.15, 0.2) is 0 Å². The van der Waals surface area contributed by atoms with Crippen molar-refractivity contribution in [1.29, 1.82) is 0 Å². The first-order valence-corrected chi connectivity index (χ1v) is 11.2. The second-order valence-corrected chi connectivity index (χ2v) is 10.0. The number of sulfonamides is 1. The van der Waals surface area contributed by atoms with Crippen molar-refractivity contribution in [3.8, 4) is 0 Å². The molecule has 1 fully saturated rings. The van der Waals surface area contributed by atoms with E-state index >= 15 is 0 Å². The van der Waals surface area contributed by atoms with Gasteiger partial charge in [-0.2, -0.15) is 4.31 Å². The molecule has 1 saturated heterocycles. The van der Waals surface area contributed by atoms with E-state index in [0.29, 0.717) is 30.4 Å². The predicted molar refractivity (Wildman–Crippen MR) is 107 cm³/mol. The largest absolute Gasteiger partial charge is 0.325 e. The molecule has 134 valence electrons. The van der Waals surface area contributed by atoms with Gasteiger partial charge in [0.1, 0.15) is 4.21 Å². The lowest BCUT2D eigenvalue weighted by Crippen LogP contribution is -2.50. The number of halogens is 1. The average Bonchev–Trinajstić information content (AvgIpc) is 3.10. The number of carbonyl (C=O) groups is 1. The first kappa shape index (κ1) is 18.8. The van der Waals surface area contributed by atoms with E-state index in [1.807, 2.05) is 29.2 Å². The Hall–Kier alpha value is -1.01. The van der Waals surface area contributed by atoms with Crippen LogP contribution >= 0.6 is 33.9 Å². The molecule has 1 amide bonds. The Bertz CT molecular complexity index is 832. The number of rotatable bonds is 5. The van der Waals surface area contributed by atoms with Gasteiger partial charge in [-0.25, -0.2) is 8.42 Å². The van der Waals surface area contributed by atoms with Gasteiger partial charge in [-0.1, -0.05) is 12.1 Å². The Morgan fingerprint density at radius 2 is 1.92 bits per heavy atom. The first-order valence-electron chi connectivity index (χ1n) is 7.76. The summed E-state index contributed by atoms with van der Waals surface area (Å²) in [6.07, 6.45) is 0. The smallest absolute Gasteiger partial charge is 0.252 e. The van der Waals surface area contributed by atoms with Crippen molar-refractivity contribution in [2.45, 2.75) is 4.21 Å². The van der Waals surface area contributed by atoms with E-state index in [-0.39, 0.29) is 12.5 Å². The third-order valence-corrected chi connectivity index (χ3v) is 7.84. The summed E-state index contributed by atoms with van der Waals surface area (Å²) in [5.74, 6) is -0.0865. The minimum absolute atomic E-state index is 0.0865. The Kier molecular flexibility index (Phi) is 6.10. The normalized spacial score (nSPS) is 16.7.